The lowest BCUT2D eigenvalue weighted by Crippen LogP contribution is -2.30. The van der Waals surface area contributed by atoms with Gasteiger partial charge in [0.2, 0.25) is 0 Å². The van der Waals surface area contributed by atoms with Crippen LogP contribution in [0.4, 0.5) is 18.9 Å². The summed E-state index contributed by atoms with van der Waals surface area (Å²) in [6, 6.07) is 3.09. The number of hydrogen-bond donors (Lipinski definition) is 2. The van der Waals surface area contributed by atoms with Gasteiger partial charge in [0.1, 0.15) is 4.75 Å². The molecule has 0 aliphatic rings. The number of hydrogen-bond acceptors (Lipinski definition) is 3. The Hall–Kier alpha value is -1.37. The number of nitrogen functional groups attached to an aromatic ring is 1. The number of carbonyl (C=O) groups is 1. The predicted octanol–water partition coefficient (Wildman–Crippen LogP) is 3.77. The molecule has 3 N–H and O–H groups in total. The Morgan fingerprint density at radius 1 is 1.40 bits per heavy atom. The zero-order chi connectivity index (χ0) is 15.6. The predicted molar refractivity (Wildman–Crippen MR) is 73.5 cm³/mol. The molecule has 0 radical (unpaired) electrons. The van der Waals surface area contributed by atoms with Crippen molar-refractivity contribution in [3.05, 3.63) is 29.3 Å². The smallest absolute Gasteiger partial charge is 0.416 e. The van der Waals surface area contributed by atoms with Gasteiger partial charge in [-0.15, -0.1) is 11.8 Å². The Morgan fingerprint density at radius 2 is 2.00 bits per heavy atom. The molecule has 0 aliphatic carbocycles. The molecule has 1 atom stereocenters. The van der Waals surface area contributed by atoms with Crippen LogP contribution in [0.25, 0.3) is 0 Å². The van der Waals surface area contributed by atoms with E-state index in [1.807, 2.05) is 0 Å². The minimum atomic E-state index is -4.44. The van der Waals surface area contributed by atoms with Gasteiger partial charge in [-0.25, -0.2) is 0 Å². The summed E-state index contributed by atoms with van der Waals surface area (Å²) in [5.41, 5.74) is 5.40. The first-order chi connectivity index (χ1) is 9.10. The molecule has 0 saturated carbocycles. The molecule has 20 heavy (non-hydrogen) atoms. The van der Waals surface area contributed by atoms with Gasteiger partial charge in [-0.2, -0.15) is 13.2 Å². The number of alkyl halides is 3. The van der Waals surface area contributed by atoms with E-state index in [1.54, 1.807) is 13.8 Å². The van der Waals surface area contributed by atoms with Gasteiger partial charge in [0.05, 0.1) is 5.56 Å². The fourth-order valence-corrected chi connectivity index (χ4v) is 2.51. The number of rotatable bonds is 5. The van der Waals surface area contributed by atoms with E-state index in [-0.39, 0.29) is 11.4 Å². The SMILES string of the molecule is CCC(C)(SCc1cc(C(F)(F)F)ccc1N)C(=O)O. The number of halogens is 3. The number of aliphatic carboxylic acids is 1. The Labute approximate surface area is 119 Å². The summed E-state index contributed by atoms with van der Waals surface area (Å²) in [7, 11) is 0. The molecule has 0 aromatic heterocycles. The maximum atomic E-state index is 12.6. The van der Waals surface area contributed by atoms with Crippen molar-refractivity contribution >= 4 is 23.4 Å². The zero-order valence-electron chi connectivity index (χ0n) is 11.1. The Balaban J connectivity index is 2.96. The zero-order valence-corrected chi connectivity index (χ0v) is 11.9. The van der Waals surface area contributed by atoms with E-state index in [9.17, 15) is 18.0 Å². The molecule has 0 fully saturated rings. The van der Waals surface area contributed by atoms with Crippen molar-refractivity contribution in [2.75, 3.05) is 5.73 Å². The van der Waals surface area contributed by atoms with Gasteiger partial charge in [0, 0.05) is 11.4 Å². The van der Waals surface area contributed by atoms with Crippen molar-refractivity contribution in [3.8, 4) is 0 Å². The van der Waals surface area contributed by atoms with Crippen molar-refractivity contribution < 1.29 is 23.1 Å². The molecule has 1 rings (SSSR count). The van der Waals surface area contributed by atoms with Crippen LogP contribution in [0.2, 0.25) is 0 Å². The van der Waals surface area contributed by atoms with Gasteiger partial charge >= 0.3 is 12.1 Å². The molecule has 7 heteroatoms. The highest BCUT2D eigenvalue weighted by Crippen LogP contribution is 2.36. The van der Waals surface area contributed by atoms with Gasteiger partial charge in [0.25, 0.3) is 0 Å². The highest BCUT2D eigenvalue weighted by atomic mass is 32.2. The first kappa shape index (κ1) is 16.7. The lowest BCUT2D eigenvalue weighted by atomic mass is 10.1. The summed E-state index contributed by atoms with van der Waals surface area (Å²) in [6.07, 6.45) is -4.07. The third kappa shape index (κ3) is 3.82. The Morgan fingerprint density at radius 3 is 2.45 bits per heavy atom. The highest BCUT2D eigenvalue weighted by Gasteiger charge is 2.33. The monoisotopic (exact) mass is 307 g/mol. The van der Waals surface area contributed by atoms with Gasteiger partial charge in [-0.05, 0) is 37.1 Å². The van der Waals surface area contributed by atoms with Crippen molar-refractivity contribution in [2.45, 2.75) is 36.9 Å². The summed E-state index contributed by atoms with van der Waals surface area (Å²) >= 11 is 1.07. The van der Waals surface area contributed by atoms with Crippen LogP contribution in [0.3, 0.4) is 0 Å². The summed E-state index contributed by atoms with van der Waals surface area (Å²) in [4.78, 5) is 11.2. The first-order valence-electron chi connectivity index (χ1n) is 5.93. The maximum absolute atomic E-state index is 12.6. The second-order valence-corrected chi connectivity index (χ2v) is 6.07. The molecule has 0 aliphatic heterocycles. The van der Waals surface area contributed by atoms with Crippen LogP contribution in [0.1, 0.15) is 31.4 Å². The third-order valence-corrected chi connectivity index (χ3v) is 4.70. The minimum Gasteiger partial charge on any atom is -0.480 e. The van der Waals surface area contributed by atoms with Gasteiger partial charge in [0.15, 0.2) is 0 Å². The van der Waals surface area contributed by atoms with Crippen molar-refractivity contribution in [1.82, 2.24) is 0 Å². The largest absolute Gasteiger partial charge is 0.480 e. The number of benzene rings is 1. The molecule has 112 valence electrons. The average molecular weight is 307 g/mol. The van der Waals surface area contributed by atoms with E-state index in [2.05, 4.69) is 0 Å². The van der Waals surface area contributed by atoms with E-state index in [0.29, 0.717) is 12.0 Å². The number of anilines is 1. The topological polar surface area (TPSA) is 63.3 Å². The Kier molecular flexibility index (Phi) is 4.96. The van der Waals surface area contributed by atoms with Gasteiger partial charge in [-0.1, -0.05) is 6.92 Å². The third-order valence-electron chi connectivity index (χ3n) is 3.14. The van der Waals surface area contributed by atoms with Crippen molar-refractivity contribution in [3.63, 3.8) is 0 Å². The summed E-state index contributed by atoms with van der Waals surface area (Å²) in [5, 5.41) is 9.13. The first-order valence-corrected chi connectivity index (χ1v) is 6.91. The normalized spacial score (nSPS) is 14.8. The van der Waals surface area contributed by atoms with E-state index < -0.39 is 22.5 Å². The highest BCUT2D eigenvalue weighted by molar-refractivity contribution is 8.00. The molecule has 1 aromatic rings. The van der Waals surface area contributed by atoms with Gasteiger partial charge < -0.3 is 10.8 Å². The quantitative estimate of drug-likeness (QED) is 0.813. The fraction of sp³-hybridized carbons (Fsp3) is 0.462. The average Bonchev–Trinajstić information content (AvgIpc) is 2.35. The van der Waals surface area contributed by atoms with Crippen molar-refractivity contribution in [2.24, 2.45) is 0 Å². The van der Waals surface area contributed by atoms with Crippen LogP contribution >= 0.6 is 11.8 Å². The number of nitrogens with two attached hydrogens (primary N) is 1. The van der Waals surface area contributed by atoms with Crippen LogP contribution in [0.5, 0.6) is 0 Å². The molecule has 0 amide bonds. The van der Waals surface area contributed by atoms with Crippen LogP contribution < -0.4 is 5.73 Å². The second kappa shape index (κ2) is 5.95. The van der Waals surface area contributed by atoms with Crippen LogP contribution in [0.15, 0.2) is 18.2 Å². The Bertz CT molecular complexity index is 505. The summed E-state index contributed by atoms with van der Waals surface area (Å²) in [6.45, 7) is 3.26. The second-order valence-electron chi connectivity index (χ2n) is 4.59. The number of carboxylic acids is 1. The maximum Gasteiger partial charge on any atom is 0.416 e. The number of thioether (sulfide) groups is 1. The molecule has 0 heterocycles. The molecule has 3 nitrogen and oxygen atoms in total. The lowest BCUT2D eigenvalue weighted by molar-refractivity contribution is -0.139. The van der Waals surface area contributed by atoms with Crippen molar-refractivity contribution in [1.29, 1.82) is 0 Å². The van der Waals surface area contributed by atoms with Crippen LogP contribution in [0, 0.1) is 0 Å². The summed E-state index contributed by atoms with van der Waals surface area (Å²) in [5.74, 6) is -0.873. The molecular formula is C13H16F3NO2S. The lowest BCUT2D eigenvalue weighted by Gasteiger charge is -2.22. The van der Waals surface area contributed by atoms with E-state index in [4.69, 9.17) is 10.8 Å². The van der Waals surface area contributed by atoms with Crippen LogP contribution in [-0.2, 0) is 16.7 Å². The molecule has 0 saturated heterocycles. The van der Waals surface area contributed by atoms with Gasteiger partial charge in [-0.3, -0.25) is 4.79 Å². The fourth-order valence-electron chi connectivity index (χ4n) is 1.46. The molecule has 0 spiro atoms. The molecule has 1 aromatic carbocycles. The van der Waals surface area contributed by atoms with E-state index in [1.165, 1.54) is 6.07 Å². The van der Waals surface area contributed by atoms with Crippen LogP contribution in [-0.4, -0.2) is 15.8 Å². The molecule has 0 bridgehead atoms. The minimum absolute atomic E-state index is 0.117. The molecular weight excluding hydrogens is 291 g/mol. The summed E-state index contributed by atoms with van der Waals surface area (Å²) < 4.78 is 36.8. The molecule has 1 unspecified atom stereocenters. The van der Waals surface area contributed by atoms with E-state index in [0.717, 1.165) is 23.9 Å². The number of carboxylic acid groups (broad SMARTS) is 1. The standard InChI is InChI=1S/C13H16F3NO2S/c1-3-12(2,11(18)19)20-7-8-6-9(13(14,15)16)4-5-10(8)17/h4-6H,3,7,17H2,1-2H3,(H,18,19). The van der Waals surface area contributed by atoms with E-state index >= 15 is 0 Å².